The molecular weight excluding hydrogens is 330 g/mol. The average Bonchev–Trinajstić information content (AvgIpc) is 2.85. The van der Waals surface area contributed by atoms with E-state index in [4.69, 9.17) is 0 Å². The van der Waals surface area contributed by atoms with Gasteiger partial charge in [0.2, 0.25) is 0 Å². The van der Waals surface area contributed by atoms with E-state index in [1.807, 2.05) is 19.9 Å². The number of aliphatic hydroxyl groups is 1. The smallest absolute Gasteiger partial charge is 0.273 e. The van der Waals surface area contributed by atoms with E-state index in [1.165, 1.54) is 0 Å². The maximum atomic E-state index is 12.8. The second-order valence-corrected chi connectivity index (χ2v) is 7.35. The molecule has 0 unspecified atom stereocenters. The zero-order chi connectivity index (χ0) is 19.6. The van der Waals surface area contributed by atoms with Crippen LogP contribution in [-0.4, -0.2) is 25.2 Å². The highest BCUT2D eigenvalue weighted by molar-refractivity contribution is 5.97. The topological polar surface area (TPSA) is 77.1 Å². The minimum absolute atomic E-state index is 0.124. The van der Waals surface area contributed by atoms with Crippen LogP contribution in [0.3, 0.4) is 0 Å². The first-order chi connectivity index (χ1) is 12.2. The van der Waals surface area contributed by atoms with Crippen LogP contribution in [0, 0.1) is 33.6 Å². The van der Waals surface area contributed by atoms with Crippen molar-refractivity contribution in [2.45, 2.75) is 67.7 Å². The summed E-state index contributed by atoms with van der Waals surface area (Å²) >= 11 is 0. The standard InChI is InChI=1S/C20H29N3O3/c1-12(2)7-8-22-13(3)9-17(16(22)6)19(25)10-23-20(26)18(11-24)14(4)15(5)21-23/h9,12,24H,7-8,10-11H2,1-6H3. The highest BCUT2D eigenvalue weighted by atomic mass is 16.3. The van der Waals surface area contributed by atoms with E-state index in [2.05, 4.69) is 23.5 Å². The molecule has 0 saturated heterocycles. The van der Waals surface area contributed by atoms with E-state index in [0.717, 1.165) is 29.0 Å². The van der Waals surface area contributed by atoms with E-state index in [9.17, 15) is 14.7 Å². The fourth-order valence-corrected chi connectivity index (χ4v) is 3.17. The molecule has 2 heterocycles. The number of nitrogens with zero attached hydrogens (tertiary/aromatic N) is 3. The van der Waals surface area contributed by atoms with Crippen LogP contribution in [0.4, 0.5) is 0 Å². The summed E-state index contributed by atoms with van der Waals surface area (Å²) in [5.41, 5.74) is 3.81. The van der Waals surface area contributed by atoms with Crippen LogP contribution >= 0.6 is 0 Å². The highest BCUT2D eigenvalue weighted by Crippen LogP contribution is 2.18. The molecule has 0 bridgehead atoms. The number of Topliss-reactive ketones (excluding diaryl/α,β-unsaturated/α-hetero) is 1. The second kappa shape index (κ2) is 7.99. The number of carbonyl (C=O) groups excluding carboxylic acids is 1. The van der Waals surface area contributed by atoms with E-state index < -0.39 is 5.56 Å². The largest absolute Gasteiger partial charge is 0.391 e. The van der Waals surface area contributed by atoms with Crippen molar-refractivity contribution in [2.75, 3.05) is 0 Å². The third-order valence-corrected chi connectivity index (χ3v) is 5.01. The van der Waals surface area contributed by atoms with Gasteiger partial charge in [-0.3, -0.25) is 9.59 Å². The number of rotatable bonds is 7. The minimum Gasteiger partial charge on any atom is -0.391 e. The average molecular weight is 359 g/mol. The molecule has 0 radical (unpaired) electrons. The molecule has 0 spiro atoms. The Morgan fingerprint density at radius 1 is 1.23 bits per heavy atom. The van der Waals surface area contributed by atoms with Gasteiger partial charge in [0.15, 0.2) is 5.78 Å². The lowest BCUT2D eigenvalue weighted by molar-refractivity contribution is 0.0964. The summed E-state index contributed by atoms with van der Waals surface area (Å²) in [7, 11) is 0. The maximum Gasteiger partial charge on any atom is 0.273 e. The van der Waals surface area contributed by atoms with Crippen LogP contribution in [0.15, 0.2) is 10.9 Å². The number of aliphatic hydroxyl groups excluding tert-OH is 1. The van der Waals surface area contributed by atoms with Crippen molar-refractivity contribution in [3.05, 3.63) is 50.2 Å². The van der Waals surface area contributed by atoms with Crippen molar-refractivity contribution < 1.29 is 9.90 Å². The molecule has 0 amide bonds. The first-order valence-corrected chi connectivity index (χ1v) is 9.05. The lowest BCUT2D eigenvalue weighted by Gasteiger charge is -2.12. The fourth-order valence-electron chi connectivity index (χ4n) is 3.17. The summed E-state index contributed by atoms with van der Waals surface area (Å²) in [5.74, 6) is 0.446. The van der Waals surface area contributed by atoms with Crippen molar-refractivity contribution in [1.82, 2.24) is 14.3 Å². The van der Waals surface area contributed by atoms with Gasteiger partial charge in [0.25, 0.3) is 5.56 Å². The summed E-state index contributed by atoms with van der Waals surface area (Å²) in [6.07, 6.45) is 1.04. The van der Waals surface area contributed by atoms with Gasteiger partial charge in [-0.1, -0.05) is 13.8 Å². The SMILES string of the molecule is Cc1nn(CC(=O)c2cc(C)n(CCC(C)C)c2C)c(=O)c(CO)c1C. The van der Waals surface area contributed by atoms with Crippen molar-refractivity contribution >= 4 is 5.78 Å². The molecule has 2 aromatic heterocycles. The number of carbonyl (C=O) groups is 1. The Kier molecular flexibility index (Phi) is 6.18. The zero-order valence-electron chi connectivity index (χ0n) is 16.6. The number of aryl methyl sites for hydroxylation is 2. The molecule has 1 N–H and O–H groups in total. The monoisotopic (exact) mass is 359 g/mol. The van der Waals surface area contributed by atoms with Crippen molar-refractivity contribution in [2.24, 2.45) is 5.92 Å². The van der Waals surface area contributed by atoms with Gasteiger partial charge in [-0.2, -0.15) is 5.10 Å². The van der Waals surface area contributed by atoms with Crippen molar-refractivity contribution in [3.8, 4) is 0 Å². The second-order valence-electron chi connectivity index (χ2n) is 7.35. The van der Waals surface area contributed by atoms with Crippen LogP contribution in [0.5, 0.6) is 0 Å². The lowest BCUT2D eigenvalue weighted by Crippen LogP contribution is -2.31. The number of hydrogen-bond donors (Lipinski definition) is 1. The van der Waals surface area contributed by atoms with Gasteiger partial charge in [-0.25, -0.2) is 4.68 Å². The third-order valence-electron chi connectivity index (χ3n) is 5.01. The summed E-state index contributed by atoms with van der Waals surface area (Å²) in [6.45, 7) is 12.2. The first kappa shape index (κ1) is 20.1. The van der Waals surface area contributed by atoms with Crippen LogP contribution < -0.4 is 5.56 Å². The summed E-state index contributed by atoms with van der Waals surface area (Å²) in [4.78, 5) is 25.3. The fraction of sp³-hybridized carbons (Fsp3) is 0.550. The molecule has 26 heavy (non-hydrogen) atoms. The quantitative estimate of drug-likeness (QED) is 0.771. The Hall–Kier alpha value is -2.21. The molecule has 0 aliphatic heterocycles. The van der Waals surface area contributed by atoms with Gasteiger partial charge in [0.1, 0.15) is 6.54 Å². The van der Waals surface area contributed by atoms with E-state index >= 15 is 0 Å². The normalized spacial score (nSPS) is 11.4. The number of aromatic nitrogens is 3. The molecule has 6 heteroatoms. The lowest BCUT2D eigenvalue weighted by atomic mass is 10.1. The summed E-state index contributed by atoms with van der Waals surface area (Å²) in [6, 6.07) is 1.89. The Morgan fingerprint density at radius 3 is 2.46 bits per heavy atom. The third kappa shape index (κ3) is 3.96. The van der Waals surface area contributed by atoms with Crippen LogP contribution in [0.1, 0.15) is 58.8 Å². The molecule has 0 aromatic carbocycles. The number of ketones is 1. The molecule has 2 rings (SSSR count). The number of hydrogen-bond acceptors (Lipinski definition) is 4. The zero-order valence-corrected chi connectivity index (χ0v) is 16.6. The molecule has 142 valence electrons. The van der Waals surface area contributed by atoms with Crippen LogP contribution in [-0.2, 0) is 19.7 Å². The Bertz CT molecular complexity index is 875. The minimum atomic E-state index is -0.405. The van der Waals surface area contributed by atoms with Crippen LogP contribution in [0.25, 0.3) is 0 Å². The van der Waals surface area contributed by atoms with Crippen molar-refractivity contribution in [3.63, 3.8) is 0 Å². The Balaban J connectivity index is 2.33. The molecule has 0 aliphatic rings. The van der Waals surface area contributed by atoms with Gasteiger partial charge >= 0.3 is 0 Å². The van der Waals surface area contributed by atoms with Crippen molar-refractivity contribution in [1.29, 1.82) is 0 Å². The van der Waals surface area contributed by atoms with Gasteiger partial charge in [0.05, 0.1) is 12.3 Å². The molecule has 0 aliphatic carbocycles. The van der Waals surface area contributed by atoms with Gasteiger partial charge in [0, 0.05) is 29.1 Å². The predicted octanol–water partition coefficient (Wildman–Crippen LogP) is 2.70. The Labute approximate surface area is 154 Å². The van der Waals surface area contributed by atoms with Gasteiger partial charge < -0.3 is 9.67 Å². The van der Waals surface area contributed by atoms with Gasteiger partial charge in [-0.05, 0) is 51.7 Å². The molecule has 6 nitrogen and oxygen atoms in total. The van der Waals surface area contributed by atoms with Crippen LogP contribution in [0.2, 0.25) is 0 Å². The molecule has 0 fully saturated rings. The molecule has 2 aromatic rings. The molecule has 0 atom stereocenters. The molecule has 0 saturated carbocycles. The van der Waals surface area contributed by atoms with E-state index in [-0.39, 0.29) is 18.9 Å². The van der Waals surface area contributed by atoms with Gasteiger partial charge in [-0.15, -0.1) is 0 Å². The summed E-state index contributed by atoms with van der Waals surface area (Å²) in [5, 5.41) is 13.7. The Morgan fingerprint density at radius 2 is 1.88 bits per heavy atom. The summed E-state index contributed by atoms with van der Waals surface area (Å²) < 4.78 is 3.32. The predicted molar refractivity (Wildman–Crippen MR) is 102 cm³/mol. The first-order valence-electron chi connectivity index (χ1n) is 9.05. The molecular formula is C20H29N3O3. The maximum absolute atomic E-state index is 12.8. The van der Waals surface area contributed by atoms with E-state index in [0.29, 0.717) is 28.3 Å². The highest BCUT2D eigenvalue weighted by Gasteiger charge is 2.19. The van der Waals surface area contributed by atoms with E-state index in [1.54, 1.807) is 13.8 Å².